The van der Waals surface area contributed by atoms with Crippen LogP contribution in [0.2, 0.25) is 5.02 Å². The third-order valence-corrected chi connectivity index (χ3v) is 6.12. The Balaban J connectivity index is 1.47. The molecule has 0 radical (unpaired) electrons. The zero-order valence-electron chi connectivity index (χ0n) is 15.0. The Morgan fingerprint density at radius 2 is 2.15 bits per heavy atom. The summed E-state index contributed by atoms with van der Waals surface area (Å²) in [6.45, 7) is 3.29. The minimum Gasteiger partial charge on any atom is -0.336 e. The molecular weight excluding hydrogens is 384 g/mol. The predicted octanol–water partition coefficient (Wildman–Crippen LogP) is 3.62. The number of thiazole rings is 1. The Morgan fingerprint density at radius 3 is 2.78 bits per heavy atom. The van der Waals surface area contributed by atoms with E-state index in [1.54, 1.807) is 4.90 Å². The van der Waals surface area contributed by atoms with Crippen LogP contribution in [0.5, 0.6) is 0 Å². The third-order valence-electron chi connectivity index (χ3n) is 4.96. The van der Waals surface area contributed by atoms with E-state index < -0.39 is 0 Å². The van der Waals surface area contributed by atoms with Crippen LogP contribution in [0.15, 0.2) is 29.6 Å². The van der Waals surface area contributed by atoms with Gasteiger partial charge in [0, 0.05) is 29.5 Å². The van der Waals surface area contributed by atoms with Crippen molar-refractivity contribution in [2.45, 2.75) is 38.3 Å². The van der Waals surface area contributed by atoms with Crippen LogP contribution < -0.4 is 10.2 Å². The van der Waals surface area contributed by atoms with Crippen LogP contribution in [0.4, 0.5) is 9.93 Å². The first kappa shape index (κ1) is 18.3. The zero-order valence-corrected chi connectivity index (χ0v) is 16.6. The second kappa shape index (κ2) is 7.48. The molecule has 1 N–H and O–H groups in total. The maximum Gasteiger partial charge on any atom is 0.323 e. The van der Waals surface area contributed by atoms with Crippen molar-refractivity contribution >= 4 is 40.0 Å². The fourth-order valence-electron chi connectivity index (χ4n) is 3.39. The van der Waals surface area contributed by atoms with Gasteiger partial charge in [-0.1, -0.05) is 23.7 Å². The smallest absolute Gasteiger partial charge is 0.323 e. The Bertz CT molecular complexity index is 850. The average Bonchev–Trinajstić information content (AvgIpc) is 3.20. The van der Waals surface area contributed by atoms with E-state index in [0.29, 0.717) is 35.0 Å². The summed E-state index contributed by atoms with van der Waals surface area (Å²) in [5, 5.41) is 5.98. The van der Waals surface area contributed by atoms with Crippen LogP contribution in [0, 0.1) is 0 Å². The number of hydrogen-bond acceptors (Lipinski definition) is 4. The molecule has 1 saturated heterocycles. The highest BCUT2D eigenvalue weighted by molar-refractivity contribution is 7.14. The van der Waals surface area contributed by atoms with Gasteiger partial charge in [0.1, 0.15) is 0 Å². The molecular formula is C19H21ClN4O2S. The van der Waals surface area contributed by atoms with Crippen molar-refractivity contribution in [3.8, 4) is 0 Å². The van der Waals surface area contributed by atoms with Crippen molar-refractivity contribution in [3.63, 3.8) is 0 Å². The Kier molecular flexibility index (Phi) is 5.06. The SMILES string of the molecule is CC(c1ccc(Cl)cc1)N(C(=O)Cc1csc(N2CCNC2=O)n1)C1CC1. The summed E-state index contributed by atoms with van der Waals surface area (Å²) in [4.78, 5) is 32.9. The number of aromatic nitrogens is 1. The monoisotopic (exact) mass is 404 g/mol. The van der Waals surface area contributed by atoms with Crippen molar-refractivity contribution in [1.82, 2.24) is 15.2 Å². The summed E-state index contributed by atoms with van der Waals surface area (Å²) >= 11 is 7.39. The van der Waals surface area contributed by atoms with Crippen LogP contribution in [0.3, 0.4) is 0 Å². The summed E-state index contributed by atoms with van der Waals surface area (Å²) in [5.41, 5.74) is 1.79. The van der Waals surface area contributed by atoms with Gasteiger partial charge in [-0.15, -0.1) is 11.3 Å². The highest BCUT2D eigenvalue weighted by Crippen LogP contribution is 2.35. The molecule has 27 heavy (non-hydrogen) atoms. The normalized spacial score (nSPS) is 17.7. The molecule has 1 saturated carbocycles. The van der Waals surface area contributed by atoms with E-state index in [0.717, 1.165) is 18.4 Å². The Hall–Kier alpha value is -2.12. The molecule has 3 amide bonds. The number of halogens is 1. The van der Waals surface area contributed by atoms with Gasteiger partial charge in [0.25, 0.3) is 0 Å². The molecule has 142 valence electrons. The number of benzene rings is 1. The van der Waals surface area contributed by atoms with Crippen LogP contribution in [-0.2, 0) is 11.2 Å². The highest BCUT2D eigenvalue weighted by atomic mass is 35.5. The van der Waals surface area contributed by atoms with E-state index in [9.17, 15) is 9.59 Å². The first-order valence-corrected chi connectivity index (χ1v) is 10.3. The zero-order chi connectivity index (χ0) is 19.0. The molecule has 8 heteroatoms. The van der Waals surface area contributed by atoms with Crippen molar-refractivity contribution < 1.29 is 9.59 Å². The number of rotatable bonds is 6. The van der Waals surface area contributed by atoms with E-state index in [-0.39, 0.29) is 24.4 Å². The number of nitrogens with zero attached hydrogens (tertiary/aromatic N) is 3. The summed E-state index contributed by atoms with van der Waals surface area (Å²) in [5.74, 6) is 0.0719. The molecule has 1 unspecified atom stereocenters. The van der Waals surface area contributed by atoms with Gasteiger partial charge in [-0.2, -0.15) is 0 Å². The summed E-state index contributed by atoms with van der Waals surface area (Å²) in [6.07, 6.45) is 2.33. The Labute approximate surface area is 167 Å². The van der Waals surface area contributed by atoms with Crippen LogP contribution >= 0.6 is 22.9 Å². The van der Waals surface area contributed by atoms with E-state index in [1.165, 1.54) is 11.3 Å². The molecule has 0 bridgehead atoms. The average molecular weight is 405 g/mol. The van der Waals surface area contributed by atoms with E-state index >= 15 is 0 Å². The third kappa shape index (κ3) is 3.94. The van der Waals surface area contributed by atoms with Gasteiger partial charge in [-0.25, -0.2) is 9.78 Å². The number of carbonyl (C=O) groups excluding carboxylic acids is 2. The second-order valence-corrected chi connectivity index (χ2v) is 8.21. The maximum absolute atomic E-state index is 13.0. The van der Waals surface area contributed by atoms with Gasteiger partial charge >= 0.3 is 6.03 Å². The molecule has 4 rings (SSSR count). The molecule has 2 aliphatic rings. The number of carbonyl (C=O) groups is 2. The number of hydrogen-bond donors (Lipinski definition) is 1. The van der Waals surface area contributed by atoms with Crippen LogP contribution in [0.25, 0.3) is 0 Å². The first-order chi connectivity index (χ1) is 13.0. The van der Waals surface area contributed by atoms with E-state index in [2.05, 4.69) is 17.2 Å². The van der Waals surface area contributed by atoms with Gasteiger partial charge in [0.05, 0.1) is 18.2 Å². The lowest BCUT2D eigenvalue weighted by Crippen LogP contribution is -2.36. The molecule has 2 fully saturated rings. The maximum atomic E-state index is 13.0. The summed E-state index contributed by atoms with van der Waals surface area (Å²) in [7, 11) is 0. The highest BCUT2D eigenvalue weighted by Gasteiger charge is 2.36. The lowest BCUT2D eigenvalue weighted by molar-refractivity contribution is -0.133. The van der Waals surface area contributed by atoms with Gasteiger partial charge in [0.15, 0.2) is 5.13 Å². The molecule has 1 aliphatic heterocycles. The topological polar surface area (TPSA) is 65.5 Å². The number of anilines is 1. The van der Waals surface area contributed by atoms with Gasteiger partial charge in [-0.05, 0) is 37.5 Å². The van der Waals surface area contributed by atoms with E-state index in [1.807, 2.05) is 34.5 Å². The molecule has 2 aromatic rings. The van der Waals surface area contributed by atoms with Crippen molar-refractivity contribution in [2.24, 2.45) is 0 Å². The minimum absolute atomic E-state index is 0.00951. The lowest BCUT2D eigenvalue weighted by atomic mass is 10.1. The largest absolute Gasteiger partial charge is 0.336 e. The second-order valence-electron chi connectivity index (χ2n) is 6.94. The quantitative estimate of drug-likeness (QED) is 0.799. The summed E-state index contributed by atoms with van der Waals surface area (Å²) in [6, 6.07) is 7.83. The van der Waals surface area contributed by atoms with Crippen LogP contribution in [-0.4, -0.2) is 41.0 Å². The number of amides is 3. The fraction of sp³-hybridized carbons (Fsp3) is 0.421. The van der Waals surface area contributed by atoms with Crippen molar-refractivity contribution in [2.75, 3.05) is 18.0 Å². The van der Waals surface area contributed by atoms with Crippen LogP contribution in [0.1, 0.15) is 37.1 Å². The molecule has 1 aliphatic carbocycles. The first-order valence-electron chi connectivity index (χ1n) is 9.09. The Morgan fingerprint density at radius 1 is 1.41 bits per heavy atom. The fourth-order valence-corrected chi connectivity index (χ4v) is 4.37. The molecule has 1 aromatic carbocycles. The lowest BCUT2D eigenvalue weighted by Gasteiger charge is -2.29. The molecule has 2 heterocycles. The predicted molar refractivity (Wildman–Crippen MR) is 106 cm³/mol. The van der Waals surface area contributed by atoms with Gasteiger partial charge in [0.2, 0.25) is 5.91 Å². The van der Waals surface area contributed by atoms with Crippen molar-refractivity contribution in [1.29, 1.82) is 0 Å². The summed E-state index contributed by atoms with van der Waals surface area (Å²) < 4.78 is 0. The van der Waals surface area contributed by atoms with Gasteiger partial charge < -0.3 is 10.2 Å². The van der Waals surface area contributed by atoms with Gasteiger partial charge in [-0.3, -0.25) is 9.69 Å². The minimum atomic E-state index is -0.127. The van der Waals surface area contributed by atoms with E-state index in [4.69, 9.17) is 11.6 Å². The molecule has 1 aromatic heterocycles. The molecule has 6 nitrogen and oxygen atoms in total. The number of urea groups is 1. The molecule has 1 atom stereocenters. The molecule has 0 spiro atoms. The standard InChI is InChI=1S/C19H21ClN4O2S/c1-12(13-2-4-14(20)5-3-13)24(16-6-7-16)17(25)10-15-11-27-19(22-15)23-9-8-21-18(23)26/h2-5,11-12,16H,6-10H2,1H3,(H,21,26). The van der Waals surface area contributed by atoms with Crippen molar-refractivity contribution in [3.05, 3.63) is 45.9 Å². The number of nitrogens with one attached hydrogen (secondary N) is 1.